The van der Waals surface area contributed by atoms with E-state index in [2.05, 4.69) is 5.48 Å². The van der Waals surface area contributed by atoms with E-state index < -0.39 is 0 Å². The monoisotopic (exact) mass is 275 g/mol. The average Bonchev–Trinajstić information content (AvgIpc) is 2.50. The van der Waals surface area contributed by atoms with E-state index >= 15 is 0 Å². The lowest BCUT2D eigenvalue weighted by Gasteiger charge is -2.19. The van der Waals surface area contributed by atoms with Crippen molar-refractivity contribution in [1.29, 1.82) is 0 Å². The molecule has 0 aliphatic rings. The van der Waals surface area contributed by atoms with Gasteiger partial charge in [-0.1, -0.05) is 42.5 Å². The van der Waals surface area contributed by atoms with Crippen molar-refractivity contribution >= 4 is 0 Å². The summed E-state index contributed by atoms with van der Waals surface area (Å²) in [6.07, 6.45) is 0. The number of benzene rings is 2. The van der Waals surface area contributed by atoms with Crippen LogP contribution in [0.15, 0.2) is 54.6 Å². The highest BCUT2D eigenvalue weighted by atomic mass is 19.1. The molecule has 0 fully saturated rings. The number of hydrogen-bond donors (Lipinski definition) is 1. The maximum absolute atomic E-state index is 13.0. The van der Waals surface area contributed by atoms with Crippen molar-refractivity contribution < 1.29 is 14.0 Å². The van der Waals surface area contributed by atoms with Crippen molar-refractivity contribution in [2.24, 2.45) is 0 Å². The summed E-state index contributed by atoms with van der Waals surface area (Å²) in [4.78, 5) is 5.41. The predicted octanol–water partition coefficient (Wildman–Crippen LogP) is 3.08. The third-order valence-electron chi connectivity index (χ3n) is 2.93. The van der Waals surface area contributed by atoms with Gasteiger partial charge in [0, 0.05) is 7.11 Å². The number of hydroxylamine groups is 1. The zero-order chi connectivity index (χ0) is 14.2. The summed E-state index contributed by atoms with van der Waals surface area (Å²) in [6, 6.07) is 16.1. The maximum atomic E-state index is 13.0. The van der Waals surface area contributed by atoms with Gasteiger partial charge >= 0.3 is 0 Å². The summed E-state index contributed by atoms with van der Waals surface area (Å²) >= 11 is 0. The number of halogens is 1. The molecule has 1 atom stereocenters. The second-order valence-corrected chi connectivity index (χ2v) is 4.35. The van der Waals surface area contributed by atoms with Gasteiger partial charge in [0.2, 0.25) is 0 Å². The summed E-state index contributed by atoms with van der Waals surface area (Å²) in [5.74, 6) is -0.249. The van der Waals surface area contributed by atoms with E-state index in [4.69, 9.17) is 9.57 Å². The van der Waals surface area contributed by atoms with Gasteiger partial charge in [-0.3, -0.25) is 4.84 Å². The highest BCUT2D eigenvalue weighted by Crippen LogP contribution is 2.22. The largest absolute Gasteiger partial charge is 0.382 e. The van der Waals surface area contributed by atoms with Crippen LogP contribution in [0, 0.1) is 5.82 Å². The van der Waals surface area contributed by atoms with E-state index in [0.29, 0.717) is 13.2 Å². The van der Waals surface area contributed by atoms with Crippen LogP contribution in [0.3, 0.4) is 0 Å². The van der Waals surface area contributed by atoms with E-state index in [1.54, 1.807) is 19.2 Å². The third kappa shape index (κ3) is 4.13. The molecule has 0 bridgehead atoms. The number of methoxy groups -OCH3 is 1. The van der Waals surface area contributed by atoms with E-state index in [1.165, 1.54) is 12.1 Å². The topological polar surface area (TPSA) is 30.5 Å². The zero-order valence-corrected chi connectivity index (χ0v) is 11.4. The fraction of sp³-hybridized carbons (Fsp3) is 0.250. The number of nitrogens with one attached hydrogen (secondary N) is 1. The van der Waals surface area contributed by atoms with Crippen LogP contribution in [-0.2, 0) is 9.57 Å². The highest BCUT2D eigenvalue weighted by Gasteiger charge is 2.13. The molecule has 0 aliphatic heterocycles. The van der Waals surface area contributed by atoms with Gasteiger partial charge in [0.05, 0.1) is 19.3 Å². The average molecular weight is 275 g/mol. The van der Waals surface area contributed by atoms with Gasteiger partial charge in [-0.05, 0) is 23.3 Å². The van der Waals surface area contributed by atoms with E-state index in [9.17, 15) is 4.39 Å². The molecule has 2 aromatic rings. The Morgan fingerprint density at radius 1 is 0.950 bits per heavy atom. The fourth-order valence-corrected chi connectivity index (χ4v) is 1.90. The van der Waals surface area contributed by atoms with E-state index in [1.807, 2.05) is 30.3 Å². The minimum absolute atomic E-state index is 0.145. The smallest absolute Gasteiger partial charge is 0.123 e. The SMILES string of the molecule is COCCONC(c1ccccc1)c1ccc(F)cc1. The van der Waals surface area contributed by atoms with Crippen molar-refractivity contribution in [1.82, 2.24) is 5.48 Å². The second-order valence-electron chi connectivity index (χ2n) is 4.35. The van der Waals surface area contributed by atoms with Gasteiger partial charge in [-0.2, -0.15) is 5.48 Å². The first-order valence-electron chi connectivity index (χ1n) is 6.48. The van der Waals surface area contributed by atoms with E-state index in [-0.39, 0.29) is 11.9 Å². The Labute approximate surface area is 118 Å². The van der Waals surface area contributed by atoms with Crippen LogP contribution < -0.4 is 5.48 Å². The Kier molecular flexibility index (Phi) is 5.68. The van der Waals surface area contributed by atoms with Crippen molar-refractivity contribution in [2.45, 2.75) is 6.04 Å². The van der Waals surface area contributed by atoms with E-state index in [0.717, 1.165) is 11.1 Å². The highest BCUT2D eigenvalue weighted by molar-refractivity contribution is 5.31. The Morgan fingerprint density at radius 3 is 2.25 bits per heavy atom. The molecule has 4 heteroatoms. The summed E-state index contributed by atoms with van der Waals surface area (Å²) in [5.41, 5.74) is 5.00. The van der Waals surface area contributed by atoms with Crippen molar-refractivity contribution in [2.75, 3.05) is 20.3 Å². The fourth-order valence-electron chi connectivity index (χ4n) is 1.90. The van der Waals surface area contributed by atoms with Crippen LogP contribution in [-0.4, -0.2) is 20.3 Å². The Morgan fingerprint density at radius 2 is 1.60 bits per heavy atom. The lowest BCUT2D eigenvalue weighted by atomic mass is 10.00. The zero-order valence-electron chi connectivity index (χ0n) is 11.4. The third-order valence-corrected chi connectivity index (χ3v) is 2.93. The summed E-state index contributed by atoms with van der Waals surface area (Å²) in [6.45, 7) is 0.957. The van der Waals surface area contributed by atoms with Crippen LogP contribution in [0.25, 0.3) is 0 Å². The maximum Gasteiger partial charge on any atom is 0.123 e. The molecular weight excluding hydrogens is 257 g/mol. The molecule has 0 aromatic heterocycles. The molecule has 2 rings (SSSR count). The molecule has 0 radical (unpaired) electrons. The lowest BCUT2D eigenvalue weighted by molar-refractivity contribution is -0.00570. The minimum atomic E-state index is -0.249. The molecule has 1 N–H and O–H groups in total. The van der Waals surface area contributed by atoms with Crippen LogP contribution in [0.2, 0.25) is 0 Å². The molecule has 1 unspecified atom stereocenters. The minimum Gasteiger partial charge on any atom is -0.382 e. The standard InChI is InChI=1S/C16H18FNO2/c1-19-11-12-20-18-16(13-5-3-2-4-6-13)14-7-9-15(17)10-8-14/h2-10,16,18H,11-12H2,1H3. The normalized spacial score (nSPS) is 12.3. The van der Waals surface area contributed by atoms with Crippen LogP contribution in [0.4, 0.5) is 4.39 Å². The van der Waals surface area contributed by atoms with Crippen molar-refractivity contribution in [3.63, 3.8) is 0 Å². The molecule has 0 amide bonds. The number of hydrogen-bond acceptors (Lipinski definition) is 3. The lowest BCUT2D eigenvalue weighted by Crippen LogP contribution is -2.24. The predicted molar refractivity (Wildman–Crippen MR) is 75.6 cm³/mol. The van der Waals surface area contributed by atoms with Gasteiger partial charge < -0.3 is 4.74 Å². The number of ether oxygens (including phenoxy) is 1. The molecule has 2 aromatic carbocycles. The van der Waals surface area contributed by atoms with Gasteiger partial charge in [-0.25, -0.2) is 4.39 Å². The van der Waals surface area contributed by atoms with Crippen LogP contribution in [0.5, 0.6) is 0 Å². The molecule has 0 aliphatic carbocycles. The first-order valence-corrected chi connectivity index (χ1v) is 6.48. The summed E-state index contributed by atoms with van der Waals surface area (Å²) in [7, 11) is 1.62. The van der Waals surface area contributed by atoms with Gasteiger partial charge in [-0.15, -0.1) is 0 Å². The molecule has 0 spiro atoms. The molecule has 106 valence electrons. The molecule has 0 heterocycles. The summed E-state index contributed by atoms with van der Waals surface area (Å²) < 4.78 is 18.0. The van der Waals surface area contributed by atoms with Gasteiger partial charge in [0.1, 0.15) is 5.82 Å². The Hall–Kier alpha value is -1.75. The first-order chi connectivity index (χ1) is 9.81. The molecular formula is C16H18FNO2. The van der Waals surface area contributed by atoms with Crippen molar-refractivity contribution in [3.8, 4) is 0 Å². The van der Waals surface area contributed by atoms with Crippen LogP contribution in [0.1, 0.15) is 17.2 Å². The molecule has 20 heavy (non-hydrogen) atoms. The Balaban J connectivity index is 2.13. The van der Waals surface area contributed by atoms with Gasteiger partial charge in [0.15, 0.2) is 0 Å². The van der Waals surface area contributed by atoms with Crippen LogP contribution >= 0.6 is 0 Å². The molecule has 3 nitrogen and oxygen atoms in total. The molecule has 0 saturated carbocycles. The summed E-state index contributed by atoms with van der Waals surface area (Å²) in [5, 5.41) is 0. The Bertz CT molecular complexity index is 502. The number of rotatable bonds is 7. The van der Waals surface area contributed by atoms with Gasteiger partial charge in [0.25, 0.3) is 0 Å². The second kappa shape index (κ2) is 7.75. The molecule has 0 saturated heterocycles. The van der Waals surface area contributed by atoms with Crippen molar-refractivity contribution in [3.05, 3.63) is 71.5 Å². The quantitative estimate of drug-likeness (QED) is 0.622. The first kappa shape index (κ1) is 14.7.